The van der Waals surface area contributed by atoms with E-state index in [1.54, 1.807) is 0 Å². The first-order valence-electron chi connectivity index (χ1n) is 6.59. The smallest absolute Gasteiger partial charge is 0.231 e. The van der Waals surface area contributed by atoms with E-state index in [0.717, 1.165) is 34.1 Å². The van der Waals surface area contributed by atoms with E-state index in [0.29, 0.717) is 5.76 Å². The molecule has 5 heteroatoms. The van der Waals surface area contributed by atoms with Crippen molar-refractivity contribution in [3.63, 3.8) is 0 Å². The number of aromatic nitrogens is 2. The van der Waals surface area contributed by atoms with E-state index in [1.807, 2.05) is 43.3 Å². The molecule has 0 atom stereocenters. The number of hydrogen-bond donors (Lipinski definition) is 0. The van der Waals surface area contributed by atoms with E-state index in [9.17, 15) is 0 Å². The number of pyridine rings is 1. The molecule has 1 aliphatic heterocycles. The normalized spacial score (nSPS) is 12.6. The van der Waals surface area contributed by atoms with Gasteiger partial charge in [-0.2, -0.15) is 0 Å². The Morgan fingerprint density at radius 3 is 2.86 bits per heavy atom. The number of oxazole rings is 1. The van der Waals surface area contributed by atoms with Crippen molar-refractivity contribution < 1.29 is 13.9 Å². The van der Waals surface area contributed by atoms with Crippen molar-refractivity contribution in [2.45, 2.75) is 6.92 Å². The lowest BCUT2D eigenvalue weighted by molar-refractivity contribution is 0.174. The van der Waals surface area contributed by atoms with Gasteiger partial charge >= 0.3 is 0 Å². The highest BCUT2D eigenvalue weighted by molar-refractivity contribution is 5.76. The van der Waals surface area contributed by atoms with Crippen molar-refractivity contribution in [1.82, 2.24) is 9.97 Å². The summed E-state index contributed by atoms with van der Waals surface area (Å²) in [6, 6.07) is 11.5. The van der Waals surface area contributed by atoms with E-state index in [2.05, 4.69) is 9.97 Å². The number of nitrogens with zero attached hydrogens (tertiary/aromatic N) is 2. The van der Waals surface area contributed by atoms with Gasteiger partial charge in [-0.3, -0.25) is 0 Å². The van der Waals surface area contributed by atoms with Crippen molar-refractivity contribution in [1.29, 1.82) is 0 Å². The molecule has 0 bridgehead atoms. The highest BCUT2D eigenvalue weighted by atomic mass is 16.7. The number of benzene rings is 1. The summed E-state index contributed by atoms with van der Waals surface area (Å²) in [6.07, 6.45) is 1.43. The van der Waals surface area contributed by atoms with Crippen molar-refractivity contribution in [2.24, 2.45) is 0 Å². The van der Waals surface area contributed by atoms with Crippen LogP contribution in [0, 0.1) is 6.92 Å². The van der Waals surface area contributed by atoms with Gasteiger partial charge in [-0.1, -0.05) is 6.07 Å². The molecule has 3 heterocycles. The van der Waals surface area contributed by atoms with Crippen LogP contribution in [0.25, 0.3) is 22.7 Å². The summed E-state index contributed by atoms with van der Waals surface area (Å²) in [5.41, 5.74) is 3.35. The van der Waals surface area contributed by atoms with E-state index >= 15 is 0 Å². The van der Waals surface area contributed by atoms with Crippen LogP contribution >= 0.6 is 0 Å². The molecule has 3 aromatic rings. The van der Waals surface area contributed by atoms with Gasteiger partial charge in [-0.05, 0) is 37.3 Å². The molecule has 0 radical (unpaired) electrons. The Balaban J connectivity index is 1.82. The molecule has 4 rings (SSSR count). The van der Waals surface area contributed by atoms with Crippen LogP contribution in [-0.2, 0) is 0 Å². The summed E-state index contributed by atoms with van der Waals surface area (Å²) in [5, 5.41) is 0. The zero-order valence-corrected chi connectivity index (χ0v) is 11.4. The van der Waals surface area contributed by atoms with Crippen molar-refractivity contribution in [2.75, 3.05) is 6.79 Å². The maximum absolute atomic E-state index is 5.53. The molecule has 0 saturated carbocycles. The summed E-state index contributed by atoms with van der Waals surface area (Å²) in [5.74, 6) is 2.12. The molecule has 104 valence electrons. The predicted molar refractivity (Wildman–Crippen MR) is 76.0 cm³/mol. The van der Waals surface area contributed by atoms with Crippen molar-refractivity contribution in [3.05, 3.63) is 48.5 Å². The lowest BCUT2D eigenvalue weighted by atomic mass is 10.1. The topological polar surface area (TPSA) is 57.4 Å². The molecule has 5 nitrogen and oxygen atoms in total. The minimum absolute atomic E-state index is 0.254. The van der Waals surface area contributed by atoms with Crippen LogP contribution < -0.4 is 9.47 Å². The van der Waals surface area contributed by atoms with E-state index in [4.69, 9.17) is 13.9 Å². The summed E-state index contributed by atoms with van der Waals surface area (Å²) in [4.78, 5) is 8.80. The number of hydrogen-bond acceptors (Lipinski definition) is 5. The van der Waals surface area contributed by atoms with Crippen LogP contribution in [0.3, 0.4) is 0 Å². The zero-order valence-electron chi connectivity index (χ0n) is 11.4. The second kappa shape index (κ2) is 4.63. The fourth-order valence-electron chi connectivity index (χ4n) is 2.35. The maximum Gasteiger partial charge on any atom is 0.231 e. The Labute approximate surface area is 121 Å². The molecule has 2 aromatic heterocycles. The number of aryl methyl sites for hydroxylation is 1. The Bertz CT molecular complexity index is 811. The quantitative estimate of drug-likeness (QED) is 0.719. The molecule has 21 heavy (non-hydrogen) atoms. The van der Waals surface area contributed by atoms with Gasteiger partial charge in [0.15, 0.2) is 23.7 Å². The average Bonchev–Trinajstić information content (AvgIpc) is 3.15. The molecule has 1 aromatic carbocycles. The predicted octanol–water partition coefficient (Wildman–Crippen LogP) is 3.44. The van der Waals surface area contributed by atoms with E-state index < -0.39 is 0 Å². The first-order chi connectivity index (χ1) is 10.3. The van der Waals surface area contributed by atoms with Crippen LogP contribution in [0.1, 0.15) is 5.69 Å². The van der Waals surface area contributed by atoms with Gasteiger partial charge in [-0.15, -0.1) is 0 Å². The number of rotatable bonds is 2. The molecule has 0 amide bonds. The second-order valence-corrected chi connectivity index (χ2v) is 4.76. The monoisotopic (exact) mass is 280 g/mol. The van der Waals surface area contributed by atoms with Crippen molar-refractivity contribution >= 4 is 0 Å². The molecular formula is C16H12N2O3. The molecule has 0 aliphatic carbocycles. The van der Waals surface area contributed by atoms with Crippen LogP contribution in [-0.4, -0.2) is 16.8 Å². The Morgan fingerprint density at radius 2 is 1.95 bits per heavy atom. The minimum Gasteiger partial charge on any atom is -0.454 e. The van der Waals surface area contributed by atoms with Gasteiger partial charge in [0, 0.05) is 11.3 Å². The second-order valence-electron chi connectivity index (χ2n) is 4.76. The third-order valence-corrected chi connectivity index (χ3v) is 3.33. The van der Waals surface area contributed by atoms with E-state index in [1.165, 1.54) is 6.39 Å². The molecule has 1 aliphatic rings. The molecule has 0 fully saturated rings. The SMILES string of the molecule is Cc1cccc(-c2ocnc2-c2ccc3c(c2)OCO3)n1. The van der Waals surface area contributed by atoms with Gasteiger partial charge in [0.2, 0.25) is 6.79 Å². The largest absolute Gasteiger partial charge is 0.454 e. The zero-order chi connectivity index (χ0) is 14.2. The summed E-state index contributed by atoms with van der Waals surface area (Å²) in [6.45, 7) is 2.20. The third-order valence-electron chi connectivity index (χ3n) is 3.33. The first kappa shape index (κ1) is 12.0. The Hall–Kier alpha value is -2.82. The lowest BCUT2D eigenvalue weighted by Crippen LogP contribution is -1.92. The first-order valence-corrected chi connectivity index (χ1v) is 6.59. The Morgan fingerprint density at radius 1 is 1.05 bits per heavy atom. The van der Waals surface area contributed by atoms with Gasteiger partial charge in [0.05, 0.1) is 0 Å². The summed E-state index contributed by atoms with van der Waals surface area (Å²) < 4.78 is 16.3. The van der Waals surface area contributed by atoms with Gasteiger partial charge in [0.1, 0.15) is 11.4 Å². The highest BCUT2D eigenvalue weighted by Crippen LogP contribution is 2.38. The van der Waals surface area contributed by atoms with Crippen LogP contribution in [0.4, 0.5) is 0 Å². The molecule has 0 saturated heterocycles. The van der Waals surface area contributed by atoms with Gasteiger partial charge in [-0.25, -0.2) is 9.97 Å². The van der Waals surface area contributed by atoms with Crippen molar-refractivity contribution in [3.8, 4) is 34.2 Å². The molecular weight excluding hydrogens is 268 g/mol. The van der Waals surface area contributed by atoms with Crippen LogP contribution in [0.15, 0.2) is 47.2 Å². The summed E-state index contributed by atoms with van der Waals surface area (Å²) >= 11 is 0. The van der Waals surface area contributed by atoms with Crippen LogP contribution in [0.5, 0.6) is 11.5 Å². The average molecular weight is 280 g/mol. The fourth-order valence-corrected chi connectivity index (χ4v) is 2.35. The molecule has 0 N–H and O–H groups in total. The van der Waals surface area contributed by atoms with Gasteiger partial charge in [0.25, 0.3) is 0 Å². The van der Waals surface area contributed by atoms with Gasteiger partial charge < -0.3 is 13.9 Å². The molecule has 0 spiro atoms. The highest BCUT2D eigenvalue weighted by Gasteiger charge is 2.18. The lowest BCUT2D eigenvalue weighted by Gasteiger charge is -2.03. The fraction of sp³-hybridized carbons (Fsp3) is 0.125. The van der Waals surface area contributed by atoms with Crippen LogP contribution in [0.2, 0.25) is 0 Å². The third kappa shape index (κ3) is 2.03. The maximum atomic E-state index is 5.53. The summed E-state index contributed by atoms with van der Waals surface area (Å²) in [7, 11) is 0. The van der Waals surface area contributed by atoms with E-state index in [-0.39, 0.29) is 6.79 Å². The number of fused-ring (bicyclic) bond motifs is 1. The minimum atomic E-state index is 0.254. The molecule has 0 unspecified atom stereocenters. The Kier molecular flexibility index (Phi) is 2.64. The standard InChI is InChI=1S/C16H12N2O3/c1-10-3-2-4-12(18-10)16-15(17-8-19-16)11-5-6-13-14(7-11)21-9-20-13/h2-8H,9H2,1H3. The number of ether oxygens (including phenoxy) is 2.